The fourth-order valence-corrected chi connectivity index (χ4v) is 3.07. The highest BCUT2D eigenvalue weighted by Gasteiger charge is 2.37. The molecule has 2 heterocycles. The van der Waals surface area contributed by atoms with E-state index in [9.17, 15) is 9.59 Å². The smallest absolute Gasteiger partial charge is 0.345 e. The van der Waals surface area contributed by atoms with Gasteiger partial charge in [0.25, 0.3) is 0 Å². The Morgan fingerprint density at radius 2 is 2.09 bits per heavy atom. The molecule has 0 amide bonds. The van der Waals surface area contributed by atoms with Crippen LogP contribution in [0.2, 0.25) is 0 Å². The van der Waals surface area contributed by atoms with Crippen molar-refractivity contribution >= 4 is 22.7 Å². The molecule has 1 aliphatic heterocycles. The van der Waals surface area contributed by atoms with Crippen molar-refractivity contribution in [3.05, 3.63) is 45.8 Å². The highest BCUT2D eigenvalue weighted by atomic mass is 16.5. The molecular weight excluding hydrogens is 282 g/mol. The molecule has 1 aromatic heterocycles. The van der Waals surface area contributed by atoms with Crippen LogP contribution in [-0.4, -0.2) is 24.3 Å². The van der Waals surface area contributed by atoms with Gasteiger partial charge >= 0.3 is 11.6 Å². The summed E-state index contributed by atoms with van der Waals surface area (Å²) >= 11 is 0. The molecule has 0 N–H and O–H groups in total. The highest BCUT2D eigenvalue weighted by Crippen LogP contribution is 2.35. The first-order valence-electron chi connectivity index (χ1n) is 7.31. The lowest BCUT2D eigenvalue weighted by atomic mass is 9.83. The number of para-hydroxylation sites is 1. The normalized spacial score (nSPS) is 20.4. The van der Waals surface area contributed by atoms with Crippen molar-refractivity contribution in [1.29, 1.82) is 0 Å². The largest absolute Gasteiger partial charge is 0.465 e. The molecule has 0 bridgehead atoms. The topological polar surface area (TPSA) is 68.9 Å². The number of esters is 1. The van der Waals surface area contributed by atoms with Crippen LogP contribution in [-0.2, 0) is 9.53 Å². The van der Waals surface area contributed by atoms with Crippen LogP contribution in [0.25, 0.3) is 11.0 Å². The average molecular weight is 299 g/mol. The lowest BCUT2D eigenvalue weighted by molar-refractivity contribution is -0.145. The summed E-state index contributed by atoms with van der Waals surface area (Å²) in [7, 11) is 0. The maximum absolute atomic E-state index is 12.4. The molecule has 0 radical (unpaired) electrons. The van der Waals surface area contributed by atoms with Crippen LogP contribution in [0.15, 0.2) is 38.5 Å². The van der Waals surface area contributed by atoms with Crippen LogP contribution >= 0.6 is 0 Å². The van der Waals surface area contributed by atoms with E-state index in [1.165, 1.54) is 0 Å². The van der Waals surface area contributed by atoms with Crippen LogP contribution in [0.5, 0.6) is 0 Å². The van der Waals surface area contributed by atoms with E-state index in [0.717, 1.165) is 5.39 Å². The number of fused-ring (bicyclic) bond motifs is 3. The van der Waals surface area contributed by atoms with Gasteiger partial charge in [0, 0.05) is 11.1 Å². The van der Waals surface area contributed by atoms with Crippen molar-refractivity contribution in [2.75, 3.05) is 6.61 Å². The Labute approximate surface area is 127 Å². The first kappa shape index (κ1) is 14.5. The van der Waals surface area contributed by atoms with Crippen LogP contribution < -0.4 is 5.63 Å². The molecule has 114 valence electrons. The molecule has 2 aromatic rings. The van der Waals surface area contributed by atoms with Gasteiger partial charge in [-0.1, -0.05) is 18.2 Å². The van der Waals surface area contributed by atoms with Crippen molar-refractivity contribution in [2.24, 2.45) is 4.99 Å². The van der Waals surface area contributed by atoms with Gasteiger partial charge in [-0.05, 0) is 32.4 Å². The Hall–Kier alpha value is -2.43. The summed E-state index contributed by atoms with van der Waals surface area (Å²) in [4.78, 5) is 29.2. The maximum atomic E-state index is 12.4. The van der Waals surface area contributed by atoms with Gasteiger partial charge in [0.2, 0.25) is 0 Å². The summed E-state index contributed by atoms with van der Waals surface area (Å²) in [6.45, 7) is 5.68. The molecule has 1 aromatic carbocycles. The molecule has 3 rings (SSSR count). The minimum absolute atomic E-state index is 0.281. The zero-order valence-electron chi connectivity index (χ0n) is 12.8. The van der Waals surface area contributed by atoms with E-state index in [2.05, 4.69) is 4.99 Å². The van der Waals surface area contributed by atoms with Gasteiger partial charge < -0.3 is 9.15 Å². The Kier molecular flexibility index (Phi) is 3.56. The average Bonchev–Trinajstić information content (AvgIpc) is 2.46. The van der Waals surface area contributed by atoms with Crippen LogP contribution in [0.4, 0.5) is 0 Å². The second-order valence-electron chi connectivity index (χ2n) is 5.36. The van der Waals surface area contributed by atoms with Crippen molar-refractivity contribution in [2.45, 2.75) is 32.7 Å². The predicted molar refractivity (Wildman–Crippen MR) is 83.5 cm³/mol. The fourth-order valence-electron chi connectivity index (χ4n) is 3.07. The number of benzene rings is 1. The summed E-state index contributed by atoms with van der Waals surface area (Å²) in [6.07, 6.45) is 0. The van der Waals surface area contributed by atoms with Gasteiger partial charge in [-0.2, -0.15) is 0 Å². The van der Waals surface area contributed by atoms with E-state index in [1.54, 1.807) is 26.0 Å². The molecule has 0 aliphatic carbocycles. The van der Waals surface area contributed by atoms with Crippen molar-refractivity contribution in [3.63, 3.8) is 0 Å². The Morgan fingerprint density at radius 3 is 2.82 bits per heavy atom. The second kappa shape index (κ2) is 5.40. The number of hydrogen-bond donors (Lipinski definition) is 0. The predicted octanol–water partition coefficient (Wildman–Crippen LogP) is 2.65. The third-order valence-electron chi connectivity index (χ3n) is 3.95. The molecule has 0 spiro atoms. The molecule has 5 heteroatoms. The molecule has 2 atom stereocenters. The van der Waals surface area contributed by atoms with Crippen molar-refractivity contribution in [1.82, 2.24) is 0 Å². The van der Waals surface area contributed by atoms with Crippen LogP contribution in [0.1, 0.15) is 37.8 Å². The van der Waals surface area contributed by atoms with Gasteiger partial charge in [0.05, 0.1) is 18.2 Å². The van der Waals surface area contributed by atoms with Gasteiger partial charge in [0.1, 0.15) is 11.5 Å². The van der Waals surface area contributed by atoms with E-state index in [0.29, 0.717) is 29.0 Å². The lowest BCUT2D eigenvalue weighted by Crippen LogP contribution is -2.34. The maximum Gasteiger partial charge on any atom is 0.345 e. The Morgan fingerprint density at radius 1 is 1.36 bits per heavy atom. The molecule has 1 aliphatic rings. The number of carbonyl (C=O) groups is 1. The van der Waals surface area contributed by atoms with Gasteiger partial charge in [-0.3, -0.25) is 9.79 Å². The van der Waals surface area contributed by atoms with E-state index in [-0.39, 0.29) is 12.0 Å². The van der Waals surface area contributed by atoms with Gasteiger partial charge in [0.15, 0.2) is 0 Å². The first-order chi connectivity index (χ1) is 10.5. The lowest BCUT2D eigenvalue weighted by Gasteiger charge is -2.27. The summed E-state index contributed by atoms with van der Waals surface area (Å²) in [6, 6.07) is 6.96. The minimum Gasteiger partial charge on any atom is -0.465 e. The molecular formula is C17H17NO4. The number of aliphatic imine (C=N–C) groups is 1. The zero-order valence-corrected chi connectivity index (χ0v) is 12.8. The van der Waals surface area contributed by atoms with E-state index in [1.807, 2.05) is 19.1 Å². The zero-order chi connectivity index (χ0) is 15.9. The highest BCUT2D eigenvalue weighted by molar-refractivity contribution is 6.06. The second-order valence-corrected chi connectivity index (χ2v) is 5.36. The van der Waals surface area contributed by atoms with Crippen molar-refractivity contribution < 1.29 is 13.9 Å². The fraction of sp³-hybridized carbons (Fsp3) is 0.353. The van der Waals surface area contributed by atoms with Gasteiger partial charge in [-0.25, -0.2) is 4.79 Å². The summed E-state index contributed by atoms with van der Waals surface area (Å²) < 4.78 is 10.6. The number of rotatable bonds is 2. The third-order valence-corrected chi connectivity index (χ3v) is 3.95. The van der Waals surface area contributed by atoms with E-state index < -0.39 is 11.5 Å². The Bertz CT molecular complexity index is 834. The third kappa shape index (κ3) is 2.13. The molecule has 0 saturated carbocycles. The molecule has 22 heavy (non-hydrogen) atoms. The molecule has 0 saturated heterocycles. The minimum atomic E-state index is -0.590. The van der Waals surface area contributed by atoms with Crippen LogP contribution in [0.3, 0.4) is 0 Å². The number of carbonyl (C=O) groups excluding carboxylic acids is 1. The van der Waals surface area contributed by atoms with Gasteiger partial charge in [-0.15, -0.1) is 0 Å². The standard InChI is InChI=1S/C17H17NO4/c1-4-21-16(19)13-9(2)18-10(3)14-15(13)11-7-5-6-8-12(11)22-17(14)20/h5-9,13H,4H2,1-3H3. The summed E-state index contributed by atoms with van der Waals surface area (Å²) in [5, 5.41) is 0.760. The summed E-state index contributed by atoms with van der Waals surface area (Å²) in [5.41, 5.74) is 1.67. The van der Waals surface area contributed by atoms with Crippen LogP contribution in [0, 0.1) is 0 Å². The quantitative estimate of drug-likeness (QED) is 0.631. The number of ether oxygens (including phenoxy) is 1. The monoisotopic (exact) mass is 299 g/mol. The SMILES string of the molecule is CCOC(=O)C1c2c(c(=O)oc3ccccc23)C(C)=NC1C. The number of hydrogen-bond acceptors (Lipinski definition) is 5. The first-order valence-corrected chi connectivity index (χ1v) is 7.31. The van der Waals surface area contributed by atoms with E-state index >= 15 is 0 Å². The number of nitrogens with zero attached hydrogens (tertiary/aromatic N) is 1. The molecule has 0 fully saturated rings. The van der Waals surface area contributed by atoms with E-state index in [4.69, 9.17) is 9.15 Å². The van der Waals surface area contributed by atoms with Crippen molar-refractivity contribution in [3.8, 4) is 0 Å². The molecule has 2 unspecified atom stereocenters. The summed E-state index contributed by atoms with van der Waals surface area (Å²) in [5.74, 6) is -0.948. The Balaban J connectivity index is 2.36. The molecule has 5 nitrogen and oxygen atoms in total.